The molecule has 3 aromatic carbocycles. The van der Waals surface area contributed by atoms with Gasteiger partial charge in [-0.15, -0.1) is 0 Å². The number of nitrogens with one attached hydrogen (secondary N) is 1. The monoisotopic (exact) mass is 668 g/mol. The van der Waals surface area contributed by atoms with E-state index in [1.165, 1.54) is 7.11 Å². The minimum Gasteiger partial charge on any atom is -0.504 e. The Hall–Kier alpha value is -4.74. The summed E-state index contributed by atoms with van der Waals surface area (Å²) in [6, 6.07) is 10.4. The highest BCUT2D eigenvalue weighted by Gasteiger charge is 2.55. The predicted octanol–water partition coefficient (Wildman–Crippen LogP) is 4.99. The van der Waals surface area contributed by atoms with Crippen LogP contribution >= 0.6 is 0 Å². The van der Waals surface area contributed by atoms with Gasteiger partial charge in [-0.25, -0.2) is 4.98 Å². The van der Waals surface area contributed by atoms with Crippen LogP contribution in [0.4, 0.5) is 0 Å². The van der Waals surface area contributed by atoms with Crippen molar-refractivity contribution in [1.82, 2.24) is 20.1 Å². The van der Waals surface area contributed by atoms with Crippen LogP contribution in [0.3, 0.4) is 0 Å². The Morgan fingerprint density at radius 3 is 2.04 bits per heavy atom. The fourth-order valence-electron chi connectivity index (χ4n) is 9.10. The predicted molar refractivity (Wildman–Crippen MR) is 186 cm³/mol. The minimum absolute atomic E-state index is 0.0276. The molecule has 0 spiro atoms. The number of hydrogen-bond donors (Lipinski definition) is 3. The lowest BCUT2D eigenvalue weighted by Gasteiger charge is -2.61. The number of benzene rings is 3. The number of methoxy groups -OCH3 is 4. The number of phenols is 2. The van der Waals surface area contributed by atoms with Crippen molar-refractivity contribution in [3.8, 4) is 34.5 Å². The number of piperazine rings is 1. The van der Waals surface area contributed by atoms with Gasteiger partial charge in [0.1, 0.15) is 17.2 Å². The number of pyridine rings is 1. The molecule has 0 saturated carbocycles. The second-order valence-electron chi connectivity index (χ2n) is 13.3. The van der Waals surface area contributed by atoms with Gasteiger partial charge in [-0.05, 0) is 52.8 Å². The van der Waals surface area contributed by atoms with E-state index >= 15 is 0 Å². The number of carbonyl (C=O) groups excluding carboxylic acids is 1. The summed E-state index contributed by atoms with van der Waals surface area (Å²) in [5.41, 5.74) is 5.78. The summed E-state index contributed by atoms with van der Waals surface area (Å²) in [7, 11) is 8.48. The highest BCUT2D eigenvalue weighted by atomic mass is 16.5. The number of carbonyl (C=O) groups is 1. The first-order chi connectivity index (χ1) is 23.6. The van der Waals surface area contributed by atoms with Crippen molar-refractivity contribution in [1.29, 1.82) is 0 Å². The molecule has 3 N–H and O–H groups in total. The van der Waals surface area contributed by atoms with E-state index < -0.39 is 6.04 Å². The maximum Gasteiger partial charge on any atom is 0.269 e. The van der Waals surface area contributed by atoms with E-state index in [1.807, 2.05) is 44.2 Å². The van der Waals surface area contributed by atoms with Gasteiger partial charge in [0, 0.05) is 63.4 Å². The van der Waals surface area contributed by atoms with E-state index in [1.54, 1.807) is 27.4 Å². The Bertz CT molecular complexity index is 1980. The van der Waals surface area contributed by atoms with E-state index in [0.717, 1.165) is 38.9 Å². The first-order valence-corrected chi connectivity index (χ1v) is 16.6. The molecule has 3 aliphatic heterocycles. The van der Waals surface area contributed by atoms with Gasteiger partial charge >= 0.3 is 0 Å². The largest absolute Gasteiger partial charge is 0.504 e. The number of rotatable bonds is 7. The summed E-state index contributed by atoms with van der Waals surface area (Å²) in [5, 5.41) is 27.8. The van der Waals surface area contributed by atoms with Gasteiger partial charge in [0.15, 0.2) is 23.0 Å². The van der Waals surface area contributed by atoms with Crippen LogP contribution in [0, 0.1) is 13.8 Å². The lowest BCUT2D eigenvalue weighted by Crippen LogP contribution is -2.68. The molecule has 7 rings (SSSR count). The van der Waals surface area contributed by atoms with E-state index in [2.05, 4.69) is 34.1 Å². The average Bonchev–Trinajstić information content (AvgIpc) is 3.09. The van der Waals surface area contributed by atoms with Crippen molar-refractivity contribution in [2.24, 2.45) is 0 Å². The number of aromatic hydroxyl groups is 2. The summed E-state index contributed by atoms with van der Waals surface area (Å²) in [6.07, 6.45) is 1.14. The summed E-state index contributed by atoms with van der Waals surface area (Å²) >= 11 is 0. The summed E-state index contributed by atoms with van der Waals surface area (Å²) in [4.78, 5) is 23.1. The lowest BCUT2D eigenvalue weighted by atomic mass is 9.71. The normalized spacial score (nSPS) is 22.9. The number of likely N-dealkylation sites (N-methyl/N-ethyl adjacent to an activating group) is 1. The smallest absolute Gasteiger partial charge is 0.269 e. The molecule has 4 aromatic rings. The summed E-state index contributed by atoms with van der Waals surface area (Å²) in [5.74, 6) is 1.94. The molecule has 4 heterocycles. The molecule has 11 nitrogen and oxygen atoms in total. The van der Waals surface area contributed by atoms with Crippen LogP contribution in [-0.4, -0.2) is 91.1 Å². The van der Waals surface area contributed by atoms with Crippen molar-refractivity contribution in [2.75, 3.05) is 42.0 Å². The highest BCUT2D eigenvalue weighted by molar-refractivity contribution is 5.95. The Morgan fingerprint density at radius 2 is 1.41 bits per heavy atom. The van der Waals surface area contributed by atoms with Crippen LogP contribution in [0.15, 0.2) is 36.4 Å². The van der Waals surface area contributed by atoms with Gasteiger partial charge in [0.2, 0.25) is 0 Å². The van der Waals surface area contributed by atoms with Crippen LogP contribution in [-0.2, 0) is 12.8 Å². The van der Waals surface area contributed by atoms with Crippen molar-refractivity contribution in [3.63, 3.8) is 0 Å². The van der Waals surface area contributed by atoms with Crippen LogP contribution in [0.2, 0.25) is 0 Å². The number of nitrogens with zero attached hydrogens (tertiary/aromatic N) is 3. The Morgan fingerprint density at radius 1 is 0.837 bits per heavy atom. The molecule has 0 unspecified atom stereocenters. The minimum atomic E-state index is -0.465. The quantitative estimate of drug-likeness (QED) is 0.248. The molecule has 11 heteroatoms. The molecule has 0 aliphatic carbocycles. The second kappa shape index (κ2) is 12.3. The number of ether oxygens (including phenoxy) is 4. The second-order valence-corrected chi connectivity index (χ2v) is 13.3. The molecule has 1 aromatic heterocycles. The third-order valence-corrected chi connectivity index (χ3v) is 11.2. The van der Waals surface area contributed by atoms with E-state index in [-0.39, 0.29) is 48.1 Å². The molecule has 3 aliphatic rings. The molecule has 258 valence electrons. The van der Waals surface area contributed by atoms with Crippen molar-refractivity contribution in [2.45, 2.75) is 63.8 Å². The number of para-hydroxylation sites is 1. The first kappa shape index (κ1) is 32.8. The number of phenolic OH excluding ortho intramolecular Hbond substituents is 2. The lowest BCUT2D eigenvalue weighted by molar-refractivity contribution is -0.0846. The molecular formula is C38H44N4O7. The number of hydrogen-bond acceptors (Lipinski definition) is 10. The van der Waals surface area contributed by atoms with E-state index in [9.17, 15) is 15.0 Å². The summed E-state index contributed by atoms with van der Waals surface area (Å²) in [6.45, 7) is 6.17. The zero-order valence-corrected chi connectivity index (χ0v) is 29.2. The highest BCUT2D eigenvalue weighted by Crippen LogP contribution is 2.58. The van der Waals surface area contributed by atoms with Gasteiger partial charge in [-0.1, -0.05) is 24.3 Å². The Balaban J connectivity index is 1.39. The molecule has 1 saturated heterocycles. The SMILES string of the molecule is COc1c(C)c(OC)c2c(c1O)[C@H]1[C@@H]3Cc4c(OC)c(C)c(OC)c(O)c4[C@H](CNC(=O)c4ccc5ccccc5n4)N3[C@@H](C)[C@@H](C2)N1C. The average molecular weight is 669 g/mol. The molecule has 0 radical (unpaired) electrons. The van der Waals surface area contributed by atoms with Gasteiger partial charge in [-0.2, -0.15) is 0 Å². The standard InChI is InChI=1S/C38H44N4O7/c1-18-34(46-5)22-16-27-31-30-23(35(47-6)19(2)37(49-8)33(30)44)15-26(41(31)4)20(3)42(27)28(29(22)32(43)36(18)48-7)17-39-38(45)25-14-13-21-11-9-10-12-24(21)40-25/h9-14,20,26-28,31,43-44H,15-17H2,1-8H3,(H,39,45)/t20-,26+,27-,28-,31+/m0/s1. The zero-order valence-electron chi connectivity index (χ0n) is 29.2. The Kier molecular flexibility index (Phi) is 8.23. The third-order valence-electron chi connectivity index (χ3n) is 11.2. The molecular weight excluding hydrogens is 624 g/mol. The fourth-order valence-corrected chi connectivity index (χ4v) is 9.10. The number of fused-ring (bicyclic) bond motifs is 8. The molecule has 49 heavy (non-hydrogen) atoms. The molecule has 1 fully saturated rings. The van der Waals surface area contributed by atoms with Gasteiger partial charge in [0.05, 0.1) is 46.0 Å². The van der Waals surface area contributed by atoms with Gasteiger partial charge in [-0.3, -0.25) is 14.6 Å². The molecule has 2 bridgehead atoms. The molecule has 1 amide bonds. The van der Waals surface area contributed by atoms with Crippen molar-refractivity contribution < 1.29 is 34.0 Å². The van der Waals surface area contributed by atoms with Gasteiger partial charge in [0.25, 0.3) is 5.91 Å². The maximum atomic E-state index is 13.7. The van der Waals surface area contributed by atoms with Crippen LogP contribution in [0.1, 0.15) is 62.9 Å². The molecule has 5 atom stereocenters. The van der Waals surface area contributed by atoms with Crippen molar-refractivity contribution in [3.05, 3.63) is 75.5 Å². The first-order valence-electron chi connectivity index (χ1n) is 16.6. The fraction of sp³-hybridized carbons (Fsp3) is 0.421. The topological polar surface area (TPSA) is 126 Å². The van der Waals surface area contributed by atoms with Crippen LogP contribution in [0.25, 0.3) is 10.9 Å². The van der Waals surface area contributed by atoms with Crippen LogP contribution in [0.5, 0.6) is 34.5 Å². The van der Waals surface area contributed by atoms with E-state index in [0.29, 0.717) is 46.9 Å². The third kappa shape index (κ3) is 4.77. The zero-order chi connectivity index (χ0) is 34.9. The summed E-state index contributed by atoms with van der Waals surface area (Å²) < 4.78 is 23.5. The maximum absolute atomic E-state index is 13.7. The van der Waals surface area contributed by atoms with Crippen molar-refractivity contribution >= 4 is 16.8 Å². The van der Waals surface area contributed by atoms with E-state index in [4.69, 9.17) is 18.9 Å². The Labute approximate surface area is 286 Å². The number of aromatic nitrogens is 1. The number of amides is 1. The van der Waals surface area contributed by atoms with Crippen LogP contribution < -0.4 is 24.3 Å². The van der Waals surface area contributed by atoms with Gasteiger partial charge < -0.3 is 34.5 Å².